The fourth-order valence-corrected chi connectivity index (χ4v) is 2.39. The smallest absolute Gasteiger partial charge is 0.324 e. The summed E-state index contributed by atoms with van der Waals surface area (Å²) >= 11 is 0. The molecule has 11 nitrogen and oxygen atoms in total. The summed E-state index contributed by atoms with van der Waals surface area (Å²) in [5, 5.41) is 21.4. The zero-order valence-electron chi connectivity index (χ0n) is 14.6. The lowest BCUT2D eigenvalue weighted by Crippen LogP contribution is -2.03. The van der Waals surface area contributed by atoms with Crippen molar-refractivity contribution in [1.29, 1.82) is 0 Å². The highest BCUT2D eigenvalue weighted by Crippen LogP contribution is 2.25. The molecule has 0 bridgehead atoms. The van der Waals surface area contributed by atoms with Crippen molar-refractivity contribution in [3.8, 4) is 11.8 Å². The van der Waals surface area contributed by atoms with E-state index in [1.807, 2.05) is 19.1 Å². The molecular formula is C16H16N8O3. The quantitative estimate of drug-likeness (QED) is 0.332. The van der Waals surface area contributed by atoms with Gasteiger partial charge in [0.1, 0.15) is 23.9 Å². The Morgan fingerprint density at radius 3 is 2.89 bits per heavy atom. The molecule has 3 heterocycles. The molecule has 0 aliphatic heterocycles. The molecule has 3 N–H and O–H groups in total. The molecule has 3 aromatic heterocycles. The van der Waals surface area contributed by atoms with Gasteiger partial charge in [-0.15, -0.1) is 5.10 Å². The van der Waals surface area contributed by atoms with Gasteiger partial charge in [-0.2, -0.15) is 25.4 Å². The highest BCUT2D eigenvalue weighted by Gasteiger charge is 2.11. The summed E-state index contributed by atoms with van der Waals surface area (Å²) in [5.41, 5.74) is 2.18. The fourth-order valence-electron chi connectivity index (χ4n) is 2.39. The topological polar surface area (TPSA) is 136 Å². The van der Waals surface area contributed by atoms with E-state index in [1.165, 1.54) is 7.11 Å². The van der Waals surface area contributed by atoms with E-state index in [1.54, 1.807) is 18.3 Å². The predicted molar refractivity (Wildman–Crippen MR) is 94.4 cm³/mol. The second kappa shape index (κ2) is 7.35. The van der Waals surface area contributed by atoms with Gasteiger partial charge in [-0.25, -0.2) is 9.78 Å². The van der Waals surface area contributed by atoms with Crippen LogP contribution in [0, 0.1) is 6.92 Å². The van der Waals surface area contributed by atoms with Gasteiger partial charge >= 0.3 is 6.01 Å². The van der Waals surface area contributed by atoms with Crippen LogP contribution < -0.4 is 10.1 Å². The molecule has 0 fully saturated rings. The Kier molecular flexibility index (Phi) is 4.60. The molecule has 0 aliphatic carbocycles. The minimum Gasteiger partial charge on any atom is -0.424 e. The normalized spacial score (nSPS) is 11.0. The summed E-state index contributed by atoms with van der Waals surface area (Å²) in [6, 6.07) is 7.37. The van der Waals surface area contributed by atoms with E-state index in [9.17, 15) is 0 Å². The van der Waals surface area contributed by atoms with Crippen LogP contribution >= 0.6 is 0 Å². The Morgan fingerprint density at radius 2 is 2.07 bits per heavy atom. The first-order valence-electron chi connectivity index (χ1n) is 8.00. The number of nitrogens with one attached hydrogen (secondary N) is 3. The van der Waals surface area contributed by atoms with E-state index in [0.29, 0.717) is 28.8 Å². The number of rotatable bonds is 7. The lowest BCUT2D eigenvalue weighted by Gasteiger charge is -2.09. The minimum absolute atomic E-state index is 0.128. The summed E-state index contributed by atoms with van der Waals surface area (Å²) in [6.07, 6.45) is 1.71. The molecule has 0 radical (unpaired) electrons. The van der Waals surface area contributed by atoms with Crippen LogP contribution in [-0.4, -0.2) is 42.7 Å². The van der Waals surface area contributed by atoms with Crippen LogP contribution in [0.1, 0.15) is 11.4 Å². The van der Waals surface area contributed by atoms with Crippen LogP contribution in [0.5, 0.6) is 11.8 Å². The van der Waals surface area contributed by atoms with Crippen molar-refractivity contribution in [1.82, 2.24) is 35.6 Å². The lowest BCUT2D eigenvalue weighted by molar-refractivity contribution is -0.282. The number of anilines is 2. The van der Waals surface area contributed by atoms with Gasteiger partial charge in [-0.05, 0) is 25.1 Å². The maximum absolute atomic E-state index is 5.82. The molecule has 11 heteroatoms. The molecule has 1 aromatic carbocycles. The van der Waals surface area contributed by atoms with Crippen molar-refractivity contribution in [3.63, 3.8) is 0 Å². The first-order chi connectivity index (χ1) is 13.2. The molecule has 0 saturated carbocycles. The van der Waals surface area contributed by atoms with Gasteiger partial charge in [0, 0.05) is 11.5 Å². The molecule has 0 spiro atoms. The van der Waals surface area contributed by atoms with Crippen molar-refractivity contribution in [2.45, 2.75) is 13.5 Å². The van der Waals surface area contributed by atoms with Gasteiger partial charge in [0.05, 0.1) is 24.5 Å². The Morgan fingerprint density at radius 1 is 1.15 bits per heavy atom. The van der Waals surface area contributed by atoms with E-state index in [2.05, 4.69) is 45.8 Å². The second-order valence-corrected chi connectivity index (χ2v) is 5.56. The van der Waals surface area contributed by atoms with Crippen LogP contribution in [-0.2, 0) is 16.4 Å². The van der Waals surface area contributed by atoms with Crippen LogP contribution in [0.3, 0.4) is 0 Å². The molecular weight excluding hydrogens is 352 g/mol. The largest absolute Gasteiger partial charge is 0.424 e. The highest BCUT2D eigenvalue weighted by atomic mass is 17.2. The Balaban J connectivity index is 1.63. The number of aromatic nitrogens is 7. The summed E-state index contributed by atoms with van der Waals surface area (Å²) < 4.78 is 5.82. The third-order valence-corrected chi connectivity index (χ3v) is 3.67. The van der Waals surface area contributed by atoms with Crippen LogP contribution in [0.2, 0.25) is 0 Å². The number of fused-ring (bicyclic) bond motifs is 1. The van der Waals surface area contributed by atoms with E-state index < -0.39 is 0 Å². The van der Waals surface area contributed by atoms with E-state index >= 15 is 0 Å². The minimum atomic E-state index is 0.128. The third-order valence-electron chi connectivity index (χ3n) is 3.67. The number of aryl methyl sites for hydroxylation is 1. The molecule has 0 amide bonds. The molecule has 0 aliphatic rings. The molecule has 0 atom stereocenters. The average Bonchev–Trinajstić information content (AvgIpc) is 3.28. The molecule has 4 aromatic rings. The fraction of sp³-hybridized carbons (Fsp3) is 0.188. The molecule has 4 rings (SSSR count). The number of benzene rings is 1. The summed E-state index contributed by atoms with van der Waals surface area (Å²) in [5.74, 6) is 1.62. The first-order valence-corrected chi connectivity index (χ1v) is 8.00. The highest BCUT2D eigenvalue weighted by molar-refractivity contribution is 5.79. The Labute approximate surface area is 153 Å². The van der Waals surface area contributed by atoms with E-state index in [0.717, 1.165) is 10.9 Å². The number of ether oxygens (including phenoxy) is 1. The number of hydrogen-bond acceptors (Lipinski definition) is 9. The maximum Gasteiger partial charge on any atom is 0.324 e. The summed E-state index contributed by atoms with van der Waals surface area (Å²) in [4.78, 5) is 18.3. The Hall–Kier alpha value is -3.57. The van der Waals surface area contributed by atoms with Crippen LogP contribution in [0.4, 0.5) is 11.6 Å². The molecule has 0 unspecified atom stereocenters. The van der Waals surface area contributed by atoms with Crippen molar-refractivity contribution in [3.05, 3.63) is 41.9 Å². The predicted octanol–water partition coefficient (Wildman–Crippen LogP) is 2.39. The number of H-pyrrole nitrogens is 2. The van der Waals surface area contributed by atoms with Gasteiger partial charge in [-0.3, -0.25) is 5.10 Å². The van der Waals surface area contributed by atoms with Crippen LogP contribution in [0.25, 0.3) is 10.9 Å². The van der Waals surface area contributed by atoms with Crippen LogP contribution in [0.15, 0.2) is 30.5 Å². The maximum atomic E-state index is 5.82. The van der Waals surface area contributed by atoms with Crippen molar-refractivity contribution in [2.24, 2.45) is 0 Å². The lowest BCUT2D eigenvalue weighted by atomic mass is 10.2. The van der Waals surface area contributed by atoms with Gasteiger partial charge in [-0.1, -0.05) is 0 Å². The van der Waals surface area contributed by atoms with Gasteiger partial charge in [0.2, 0.25) is 0 Å². The molecule has 0 saturated heterocycles. The summed E-state index contributed by atoms with van der Waals surface area (Å²) in [6.45, 7) is 1.95. The zero-order valence-corrected chi connectivity index (χ0v) is 14.6. The number of hydrogen-bond donors (Lipinski definition) is 3. The molecule has 27 heavy (non-hydrogen) atoms. The molecule has 138 valence electrons. The van der Waals surface area contributed by atoms with Crippen molar-refractivity contribution < 1.29 is 14.5 Å². The van der Waals surface area contributed by atoms with Gasteiger partial charge < -0.3 is 10.1 Å². The van der Waals surface area contributed by atoms with Gasteiger partial charge in [0.25, 0.3) is 0 Å². The SMILES string of the molecule is COOCc1cc(Nc2n[nH]nc2C)nc(Oc2ccc3[nH]ncc3c2)n1. The third kappa shape index (κ3) is 3.83. The average molecular weight is 368 g/mol. The number of aromatic amines is 2. The van der Waals surface area contributed by atoms with E-state index in [-0.39, 0.29) is 12.6 Å². The Bertz CT molecular complexity index is 1060. The van der Waals surface area contributed by atoms with Gasteiger partial charge in [0.15, 0.2) is 5.82 Å². The summed E-state index contributed by atoms with van der Waals surface area (Å²) in [7, 11) is 1.43. The zero-order chi connectivity index (χ0) is 18.6. The number of nitrogens with zero attached hydrogens (tertiary/aromatic N) is 5. The monoisotopic (exact) mass is 368 g/mol. The van der Waals surface area contributed by atoms with Crippen molar-refractivity contribution >= 4 is 22.5 Å². The standard InChI is InChI=1S/C16H16N8O3/c1-9-15(23-24-21-9)19-14-6-11(8-26-25-2)18-16(20-14)27-12-3-4-13-10(5-12)7-17-22-13/h3-7H,8H2,1-2H3,(H,17,22)(H2,18,19,20,21,23,24). The second-order valence-electron chi connectivity index (χ2n) is 5.56. The van der Waals surface area contributed by atoms with Crippen molar-refractivity contribution in [2.75, 3.05) is 12.4 Å². The van der Waals surface area contributed by atoms with E-state index in [4.69, 9.17) is 9.62 Å². The first kappa shape index (κ1) is 16.9.